The molecule has 1 atom stereocenters. The van der Waals surface area contributed by atoms with Gasteiger partial charge in [-0.3, -0.25) is 0 Å². The molecule has 1 heterocycles. The van der Waals surface area contributed by atoms with Crippen LogP contribution in [0.1, 0.15) is 0 Å². The second-order valence-corrected chi connectivity index (χ2v) is 2.74. The van der Waals surface area contributed by atoms with Crippen molar-refractivity contribution in [1.29, 1.82) is 0 Å². The number of alkyl halides is 3. The smallest absolute Gasteiger partial charge is 0.217 e. The van der Waals surface area contributed by atoms with E-state index in [1.54, 1.807) is 0 Å². The van der Waals surface area contributed by atoms with Crippen molar-refractivity contribution < 1.29 is 13.2 Å². The van der Waals surface area contributed by atoms with E-state index in [-0.39, 0.29) is 5.75 Å². The molecule has 1 radical (unpaired) electrons. The number of hydrogen-bond donors (Lipinski definition) is 0. The van der Waals surface area contributed by atoms with E-state index in [2.05, 4.69) is 5.32 Å². The molecule has 1 unspecified atom stereocenters. The van der Waals surface area contributed by atoms with Crippen LogP contribution in [0.4, 0.5) is 13.2 Å². The third-order valence-corrected chi connectivity index (χ3v) is 1.92. The molecule has 53 valence electrons. The van der Waals surface area contributed by atoms with Gasteiger partial charge in [-0.1, -0.05) is 0 Å². The molecule has 1 aliphatic rings. The van der Waals surface area contributed by atoms with Crippen molar-refractivity contribution in [2.75, 3.05) is 11.6 Å². The minimum absolute atomic E-state index is 0.101. The Morgan fingerprint density at radius 3 is 2.33 bits per heavy atom. The summed E-state index contributed by atoms with van der Waals surface area (Å²) in [6.45, 7) is 0. The number of rotatable bonds is 0. The minimum Gasteiger partial charge on any atom is -0.217 e. The van der Waals surface area contributed by atoms with Crippen LogP contribution in [0.3, 0.4) is 0 Å². The predicted octanol–water partition coefficient (Wildman–Crippen LogP) is 1.23. The normalized spacial score (nSPS) is 29.0. The highest BCUT2D eigenvalue weighted by atomic mass is 32.2. The quantitative estimate of drug-likeness (QED) is 0.514. The number of hydrogen-bond acceptors (Lipinski definition) is 1. The molecule has 0 aliphatic carbocycles. The van der Waals surface area contributed by atoms with E-state index >= 15 is 0 Å². The van der Waals surface area contributed by atoms with Crippen LogP contribution in [0.5, 0.6) is 0 Å². The molecule has 9 heavy (non-hydrogen) atoms. The van der Waals surface area contributed by atoms with Crippen LogP contribution >= 0.6 is 11.8 Å². The Morgan fingerprint density at radius 1 is 1.44 bits per heavy atom. The molecule has 0 amide bonds. The fourth-order valence-corrected chi connectivity index (χ4v) is 1.47. The molecule has 0 aromatic rings. The van der Waals surface area contributed by atoms with Crippen molar-refractivity contribution in [1.82, 2.24) is 5.32 Å². The monoisotopic (exact) mass is 156 g/mol. The van der Waals surface area contributed by atoms with Gasteiger partial charge >= 0.3 is 6.18 Å². The van der Waals surface area contributed by atoms with E-state index in [9.17, 15) is 13.2 Å². The van der Waals surface area contributed by atoms with Gasteiger partial charge < -0.3 is 0 Å². The highest BCUT2D eigenvalue weighted by Gasteiger charge is 2.42. The van der Waals surface area contributed by atoms with Gasteiger partial charge in [-0.25, -0.2) is 5.32 Å². The zero-order valence-electron chi connectivity index (χ0n) is 4.48. The maximum atomic E-state index is 11.7. The van der Waals surface area contributed by atoms with E-state index in [0.29, 0.717) is 5.88 Å². The Labute approximate surface area is 55.0 Å². The number of nitrogens with zero attached hydrogens (tertiary/aromatic N) is 1. The Bertz CT molecular complexity index is 96.5. The topological polar surface area (TPSA) is 14.1 Å². The van der Waals surface area contributed by atoms with E-state index in [4.69, 9.17) is 0 Å². The molecule has 0 N–H and O–H groups in total. The lowest BCUT2D eigenvalue weighted by atomic mass is 10.3. The first-order valence-electron chi connectivity index (χ1n) is 2.42. The third kappa shape index (κ3) is 1.76. The summed E-state index contributed by atoms with van der Waals surface area (Å²) in [5.41, 5.74) is 0. The molecule has 1 aliphatic heterocycles. The van der Waals surface area contributed by atoms with Crippen LogP contribution in [0.25, 0.3) is 0 Å². The summed E-state index contributed by atoms with van der Waals surface area (Å²) < 4.78 is 35.0. The van der Waals surface area contributed by atoms with Crippen molar-refractivity contribution in [3.05, 3.63) is 0 Å². The lowest BCUT2D eigenvalue weighted by molar-refractivity contribution is -0.148. The van der Waals surface area contributed by atoms with E-state index in [0.717, 1.165) is 0 Å². The van der Waals surface area contributed by atoms with Crippen molar-refractivity contribution in [2.24, 2.45) is 0 Å². The van der Waals surface area contributed by atoms with Gasteiger partial charge in [-0.2, -0.15) is 13.2 Å². The van der Waals surface area contributed by atoms with E-state index in [1.807, 2.05) is 0 Å². The molecule has 1 nitrogen and oxygen atoms in total. The Morgan fingerprint density at radius 2 is 2.11 bits per heavy atom. The Kier molecular flexibility index (Phi) is 1.91. The minimum atomic E-state index is -4.11. The predicted molar refractivity (Wildman–Crippen MR) is 29.3 cm³/mol. The van der Waals surface area contributed by atoms with Crippen LogP contribution in [-0.4, -0.2) is 23.8 Å². The molecule has 1 saturated heterocycles. The first kappa shape index (κ1) is 7.21. The van der Waals surface area contributed by atoms with Gasteiger partial charge in [-0.05, 0) is 0 Å². The maximum absolute atomic E-state index is 11.7. The standard InChI is InChI=1S/C4H5F3NS/c5-4(6,7)3-1-9-2-8-3/h3H,1-2H2. The second-order valence-electron chi connectivity index (χ2n) is 1.74. The van der Waals surface area contributed by atoms with Gasteiger partial charge in [0.25, 0.3) is 0 Å². The van der Waals surface area contributed by atoms with Crippen LogP contribution in [-0.2, 0) is 0 Å². The Hall–Kier alpha value is 0.1000. The molecule has 1 fully saturated rings. The summed E-state index contributed by atoms with van der Waals surface area (Å²) in [6, 6.07) is -1.40. The average molecular weight is 156 g/mol. The van der Waals surface area contributed by atoms with Crippen LogP contribution in [0.2, 0.25) is 0 Å². The van der Waals surface area contributed by atoms with Gasteiger partial charge in [0.05, 0.1) is 5.88 Å². The molecule has 0 spiro atoms. The molecule has 0 saturated carbocycles. The molecule has 0 aromatic heterocycles. The maximum Gasteiger partial charge on any atom is 0.406 e. The fourth-order valence-electron chi connectivity index (χ4n) is 0.558. The largest absolute Gasteiger partial charge is 0.406 e. The van der Waals surface area contributed by atoms with Crippen molar-refractivity contribution in [3.8, 4) is 0 Å². The first-order valence-corrected chi connectivity index (χ1v) is 3.57. The fraction of sp³-hybridized carbons (Fsp3) is 1.00. The van der Waals surface area contributed by atoms with Crippen LogP contribution in [0, 0.1) is 0 Å². The SMILES string of the molecule is FC(F)(F)C1CSC[N]1. The molecular weight excluding hydrogens is 151 g/mol. The van der Waals surface area contributed by atoms with Crippen molar-refractivity contribution >= 4 is 11.8 Å². The Balaban J connectivity index is 2.42. The molecular formula is C4H5F3NS. The van der Waals surface area contributed by atoms with E-state index < -0.39 is 12.2 Å². The molecule has 0 bridgehead atoms. The van der Waals surface area contributed by atoms with Crippen LogP contribution < -0.4 is 5.32 Å². The lowest BCUT2D eigenvalue weighted by Gasteiger charge is -2.10. The zero-order valence-corrected chi connectivity index (χ0v) is 5.30. The highest BCUT2D eigenvalue weighted by molar-refractivity contribution is 7.99. The van der Waals surface area contributed by atoms with Gasteiger partial charge in [0.2, 0.25) is 0 Å². The first-order chi connectivity index (χ1) is 4.11. The van der Waals surface area contributed by atoms with Gasteiger partial charge in [0, 0.05) is 5.75 Å². The van der Waals surface area contributed by atoms with Crippen molar-refractivity contribution in [3.63, 3.8) is 0 Å². The molecule has 1 rings (SSSR count). The molecule has 5 heteroatoms. The summed E-state index contributed by atoms with van der Waals surface area (Å²) in [5.74, 6) is 0.397. The summed E-state index contributed by atoms with van der Waals surface area (Å²) >= 11 is 1.22. The summed E-state index contributed by atoms with van der Waals surface area (Å²) in [4.78, 5) is 0. The summed E-state index contributed by atoms with van der Waals surface area (Å²) in [5, 5.41) is 3.34. The third-order valence-electron chi connectivity index (χ3n) is 1.04. The van der Waals surface area contributed by atoms with Gasteiger partial charge in [0.15, 0.2) is 0 Å². The highest BCUT2D eigenvalue weighted by Crippen LogP contribution is 2.27. The second kappa shape index (κ2) is 2.38. The zero-order chi connectivity index (χ0) is 6.91. The summed E-state index contributed by atoms with van der Waals surface area (Å²) in [7, 11) is 0. The molecule has 0 aromatic carbocycles. The van der Waals surface area contributed by atoms with Gasteiger partial charge in [-0.15, -0.1) is 11.8 Å². The average Bonchev–Trinajstić information content (AvgIpc) is 2.08. The lowest BCUT2D eigenvalue weighted by Crippen LogP contribution is -2.34. The number of halogens is 3. The van der Waals surface area contributed by atoms with Crippen LogP contribution in [0.15, 0.2) is 0 Å². The number of thioether (sulfide) groups is 1. The van der Waals surface area contributed by atoms with Gasteiger partial charge in [0.1, 0.15) is 6.04 Å². The summed E-state index contributed by atoms with van der Waals surface area (Å²) in [6.07, 6.45) is -4.11. The van der Waals surface area contributed by atoms with Crippen molar-refractivity contribution in [2.45, 2.75) is 12.2 Å². The van der Waals surface area contributed by atoms with E-state index in [1.165, 1.54) is 11.8 Å².